The van der Waals surface area contributed by atoms with E-state index in [1.807, 2.05) is 6.07 Å². The van der Waals surface area contributed by atoms with Gasteiger partial charge in [0, 0.05) is 41.7 Å². The van der Waals surface area contributed by atoms with Gasteiger partial charge in [0.15, 0.2) is 0 Å². The van der Waals surface area contributed by atoms with E-state index in [0.717, 1.165) is 23.6 Å². The van der Waals surface area contributed by atoms with E-state index in [1.54, 1.807) is 6.26 Å². The Kier molecular flexibility index (Phi) is 4.15. The molecular formula is C20H25N3O. The number of rotatable bonds is 4. The second kappa shape index (κ2) is 6.44. The van der Waals surface area contributed by atoms with E-state index in [4.69, 9.17) is 9.40 Å². The third kappa shape index (κ3) is 2.98. The van der Waals surface area contributed by atoms with Crippen LogP contribution in [0.25, 0.3) is 5.65 Å². The molecule has 1 N–H and O–H groups in total. The number of hydrogen-bond acceptors (Lipinski definition) is 3. The van der Waals surface area contributed by atoms with Crippen molar-refractivity contribution in [1.29, 1.82) is 0 Å². The molecule has 126 valence electrons. The van der Waals surface area contributed by atoms with Crippen LogP contribution in [0, 0.1) is 13.8 Å². The van der Waals surface area contributed by atoms with E-state index in [1.165, 1.54) is 36.9 Å². The second-order valence-corrected chi connectivity index (χ2v) is 7.02. The Morgan fingerprint density at radius 1 is 1.21 bits per heavy atom. The van der Waals surface area contributed by atoms with Crippen LogP contribution in [-0.2, 0) is 6.54 Å². The standard InChI is InChI=1S/C20H25N3O/c1-14-12-15(2)23-10-9-17(20(23)22-14)13-21-18-7-5-16(6-8-18)19-4-3-11-24-19/h3-4,9-12,16,18,21H,5-8,13H2,1-2H3. The molecule has 4 nitrogen and oxygen atoms in total. The number of furan rings is 1. The lowest BCUT2D eigenvalue weighted by Crippen LogP contribution is -2.32. The first-order valence-corrected chi connectivity index (χ1v) is 8.91. The topological polar surface area (TPSA) is 42.5 Å². The second-order valence-electron chi connectivity index (χ2n) is 7.02. The van der Waals surface area contributed by atoms with Gasteiger partial charge in [-0.2, -0.15) is 0 Å². The zero-order valence-electron chi connectivity index (χ0n) is 14.5. The van der Waals surface area contributed by atoms with Gasteiger partial charge in [0.2, 0.25) is 0 Å². The minimum atomic E-state index is 0.595. The zero-order valence-corrected chi connectivity index (χ0v) is 14.5. The Balaban J connectivity index is 1.38. The summed E-state index contributed by atoms with van der Waals surface area (Å²) in [5.41, 5.74) is 4.70. The average molecular weight is 323 g/mol. The van der Waals surface area contributed by atoms with Crippen molar-refractivity contribution in [3.8, 4) is 0 Å². The lowest BCUT2D eigenvalue weighted by Gasteiger charge is -2.28. The predicted octanol–water partition coefficient (Wildman–Crippen LogP) is 4.36. The highest BCUT2D eigenvalue weighted by Gasteiger charge is 2.23. The number of nitrogens with zero attached hydrogens (tertiary/aromatic N) is 2. The first kappa shape index (κ1) is 15.5. The van der Waals surface area contributed by atoms with Crippen LogP contribution in [0.4, 0.5) is 0 Å². The van der Waals surface area contributed by atoms with E-state index >= 15 is 0 Å². The molecular weight excluding hydrogens is 298 g/mol. The van der Waals surface area contributed by atoms with Crippen molar-refractivity contribution in [2.45, 2.75) is 58.0 Å². The molecule has 0 saturated heterocycles. The van der Waals surface area contributed by atoms with Crippen molar-refractivity contribution < 1.29 is 4.42 Å². The lowest BCUT2D eigenvalue weighted by molar-refractivity contribution is 0.313. The van der Waals surface area contributed by atoms with E-state index in [9.17, 15) is 0 Å². The minimum Gasteiger partial charge on any atom is -0.469 e. The molecule has 0 bridgehead atoms. The van der Waals surface area contributed by atoms with Crippen LogP contribution < -0.4 is 5.32 Å². The molecule has 1 aliphatic carbocycles. The van der Waals surface area contributed by atoms with E-state index in [2.05, 4.69) is 48.0 Å². The third-order valence-electron chi connectivity index (χ3n) is 5.27. The first-order chi connectivity index (χ1) is 11.7. The molecule has 4 heteroatoms. The van der Waals surface area contributed by atoms with Crippen molar-refractivity contribution in [2.75, 3.05) is 0 Å². The van der Waals surface area contributed by atoms with Gasteiger partial charge in [-0.15, -0.1) is 0 Å². The van der Waals surface area contributed by atoms with Crippen LogP contribution in [0.5, 0.6) is 0 Å². The molecule has 1 fully saturated rings. The summed E-state index contributed by atoms with van der Waals surface area (Å²) in [5, 5.41) is 3.74. The highest BCUT2D eigenvalue weighted by molar-refractivity contribution is 5.50. The summed E-state index contributed by atoms with van der Waals surface area (Å²) in [6, 6.07) is 9.02. The van der Waals surface area contributed by atoms with Crippen LogP contribution in [0.1, 0.15) is 54.3 Å². The monoisotopic (exact) mass is 323 g/mol. The molecule has 0 atom stereocenters. The molecule has 0 amide bonds. The van der Waals surface area contributed by atoms with Crippen LogP contribution in [-0.4, -0.2) is 15.4 Å². The third-order valence-corrected chi connectivity index (χ3v) is 5.27. The van der Waals surface area contributed by atoms with E-state index in [-0.39, 0.29) is 0 Å². The number of fused-ring (bicyclic) bond motifs is 1. The van der Waals surface area contributed by atoms with Crippen LogP contribution in [0.3, 0.4) is 0 Å². The van der Waals surface area contributed by atoms with Crippen LogP contribution >= 0.6 is 0 Å². The Labute approximate surface area is 142 Å². The summed E-state index contributed by atoms with van der Waals surface area (Å²) in [5.74, 6) is 1.75. The smallest absolute Gasteiger partial charge is 0.141 e. The maximum atomic E-state index is 5.57. The van der Waals surface area contributed by atoms with Gasteiger partial charge in [-0.3, -0.25) is 0 Å². The quantitative estimate of drug-likeness (QED) is 0.775. The molecule has 1 aliphatic rings. The van der Waals surface area contributed by atoms with Gasteiger partial charge in [0.05, 0.1) is 6.26 Å². The van der Waals surface area contributed by atoms with Crippen LogP contribution in [0.15, 0.2) is 41.1 Å². The summed E-state index contributed by atoms with van der Waals surface area (Å²) >= 11 is 0. The molecule has 0 unspecified atom stereocenters. The fourth-order valence-electron chi connectivity index (χ4n) is 3.94. The highest BCUT2D eigenvalue weighted by atomic mass is 16.3. The fourth-order valence-corrected chi connectivity index (χ4v) is 3.94. The summed E-state index contributed by atoms with van der Waals surface area (Å²) in [4.78, 5) is 4.72. The van der Waals surface area contributed by atoms with Crippen LogP contribution in [0.2, 0.25) is 0 Å². The lowest BCUT2D eigenvalue weighted by atomic mass is 9.84. The molecule has 3 heterocycles. The molecule has 4 rings (SSSR count). The summed E-state index contributed by atoms with van der Waals surface area (Å²) in [6.07, 6.45) is 8.75. The zero-order chi connectivity index (χ0) is 16.5. The van der Waals surface area contributed by atoms with Gasteiger partial charge in [0.25, 0.3) is 0 Å². The SMILES string of the molecule is Cc1cc(C)n2ccc(CNC3CCC(c4ccco4)CC3)c2n1. The number of aromatic nitrogens is 2. The molecule has 3 aromatic heterocycles. The molecule has 0 spiro atoms. The Bertz CT molecular complexity index is 811. The Morgan fingerprint density at radius 3 is 2.79 bits per heavy atom. The van der Waals surface area contributed by atoms with Gasteiger partial charge < -0.3 is 14.1 Å². The number of nitrogens with one attached hydrogen (secondary N) is 1. The summed E-state index contributed by atoms with van der Waals surface area (Å²) in [7, 11) is 0. The highest BCUT2D eigenvalue weighted by Crippen LogP contribution is 2.33. The van der Waals surface area contributed by atoms with Crippen molar-refractivity contribution in [3.63, 3.8) is 0 Å². The molecule has 3 aromatic rings. The van der Waals surface area contributed by atoms with Gasteiger partial charge in [-0.05, 0) is 63.8 Å². The first-order valence-electron chi connectivity index (χ1n) is 8.91. The van der Waals surface area contributed by atoms with Crippen molar-refractivity contribution in [2.24, 2.45) is 0 Å². The fraction of sp³-hybridized carbons (Fsp3) is 0.450. The Hall–Kier alpha value is -2.07. The molecule has 0 aliphatic heterocycles. The van der Waals surface area contributed by atoms with Gasteiger partial charge in [-0.25, -0.2) is 4.98 Å². The molecule has 24 heavy (non-hydrogen) atoms. The minimum absolute atomic E-state index is 0.595. The van der Waals surface area contributed by atoms with Crippen molar-refractivity contribution in [3.05, 3.63) is 59.4 Å². The van der Waals surface area contributed by atoms with Crippen molar-refractivity contribution in [1.82, 2.24) is 14.7 Å². The van der Waals surface area contributed by atoms with E-state index in [0.29, 0.717) is 12.0 Å². The maximum absolute atomic E-state index is 5.57. The van der Waals surface area contributed by atoms with E-state index < -0.39 is 0 Å². The number of hydrogen-bond donors (Lipinski definition) is 1. The summed E-state index contributed by atoms with van der Waals surface area (Å²) < 4.78 is 7.74. The normalized spacial score (nSPS) is 21.4. The average Bonchev–Trinajstić information content (AvgIpc) is 3.23. The maximum Gasteiger partial charge on any atom is 0.141 e. The van der Waals surface area contributed by atoms with Gasteiger partial charge in [-0.1, -0.05) is 0 Å². The molecule has 0 radical (unpaired) electrons. The van der Waals surface area contributed by atoms with Gasteiger partial charge >= 0.3 is 0 Å². The summed E-state index contributed by atoms with van der Waals surface area (Å²) in [6.45, 7) is 5.09. The number of aryl methyl sites for hydroxylation is 2. The van der Waals surface area contributed by atoms with Crippen molar-refractivity contribution >= 4 is 5.65 Å². The predicted molar refractivity (Wildman–Crippen MR) is 95.2 cm³/mol. The molecule has 0 aromatic carbocycles. The Morgan fingerprint density at radius 2 is 2.04 bits per heavy atom. The van der Waals surface area contributed by atoms with Gasteiger partial charge in [0.1, 0.15) is 11.4 Å². The molecule has 1 saturated carbocycles. The largest absolute Gasteiger partial charge is 0.469 e.